The van der Waals surface area contributed by atoms with Crippen LogP contribution in [-0.2, 0) is 9.53 Å². The summed E-state index contributed by atoms with van der Waals surface area (Å²) in [6, 6.07) is 0. The molecule has 0 aliphatic heterocycles. The number of esters is 1. The summed E-state index contributed by atoms with van der Waals surface area (Å²) in [7, 11) is 1.21. The molecule has 6 heteroatoms. The molecule has 2 atom stereocenters. The Morgan fingerprint density at radius 1 is 1.37 bits per heavy atom. The predicted molar refractivity (Wildman–Crippen MR) is 65.6 cm³/mol. The zero-order valence-corrected chi connectivity index (χ0v) is 11.9. The summed E-state index contributed by atoms with van der Waals surface area (Å²) in [5.41, 5.74) is -1.42. The van der Waals surface area contributed by atoms with E-state index in [4.69, 9.17) is 4.74 Å². The lowest BCUT2D eigenvalue weighted by atomic mass is 9.64. The fourth-order valence-electron chi connectivity index (χ4n) is 3.40. The van der Waals surface area contributed by atoms with Crippen LogP contribution in [0.2, 0.25) is 0 Å². The molecule has 1 fully saturated rings. The van der Waals surface area contributed by atoms with Gasteiger partial charge in [-0.2, -0.15) is 13.2 Å². The number of rotatable bonds is 3. The number of carbonyl (C=O) groups is 1. The van der Waals surface area contributed by atoms with E-state index in [0.29, 0.717) is 12.8 Å². The molecule has 0 aromatic heterocycles. The van der Waals surface area contributed by atoms with Gasteiger partial charge in [-0.1, -0.05) is 20.8 Å². The zero-order chi connectivity index (χ0) is 14.9. The number of carbonyl (C=O) groups excluding carboxylic acids is 1. The molecule has 0 amide bonds. The minimum absolute atomic E-state index is 0.170. The molecule has 1 rings (SSSR count). The summed E-state index contributed by atoms with van der Waals surface area (Å²) in [6.45, 7) is 4.71. The standard InChI is InChI=1S/C13H22F3NO2/c1-9-5-11(2,3)7-12(6-9,10(18)19-4)17-8-13(14,15)16/h9,17H,5-8H2,1-4H3. The monoisotopic (exact) mass is 281 g/mol. The van der Waals surface area contributed by atoms with Crippen molar-refractivity contribution in [2.24, 2.45) is 11.3 Å². The van der Waals surface area contributed by atoms with E-state index < -0.39 is 24.2 Å². The van der Waals surface area contributed by atoms with Crippen molar-refractivity contribution < 1.29 is 22.7 Å². The van der Waals surface area contributed by atoms with Crippen molar-refractivity contribution in [2.75, 3.05) is 13.7 Å². The van der Waals surface area contributed by atoms with Gasteiger partial charge in [0.2, 0.25) is 0 Å². The first-order valence-electron chi connectivity index (χ1n) is 6.40. The quantitative estimate of drug-likeness (QED) is 0.808. The lowest BCUT2D eigenvalue weighted by Crippen LogP contribution is -2.60. The number of ether oxygens (including phenoxy) is 1. The van der Waals surface area contributed by atoms with E-state index in [0.717, 1.165) is 6.42 Å². The van der Waals surface area contributed by atoms with Crippen molar-refractivity contribution >= 4 is 5.97 Å². The maximum atomic E-state index is 12.4. The number of hydrogen-bond acceptors (Lipinski definition) is 3. The molecule has 0 radical (unpaired) electrons. The van der Waals surface area contributed by atoms with Crippen molar-refractivity contribution in [3.8, 4) is 0 Å². The molecule has 0 spiro atoms. The zero-order valence-electron chi connectivity index (χ0n) is 11.9. The molecule has 0 heterocycles. The van der Waals surface area contributed by atoms with E-state index >= 15 is 0 Å². The molecule has 3 nitrogen and oxygen atoms in total. The summed E-state index contributed by atoms with van der Waals surface area (Å²) in [5, 5.41) is 2.41. The molecular formula is C13H22F3NO2. The van der Waals surface area contributed by atoms with Gasteiger partial charge in [-0.25, -0.2) is 0 Å². The molecule has 19 heavy (non-hydrogen) atoms. The highest BCUT2D eigenvalue weighted by molar-refractivity contribution is 5.81. The average molecular weight is 281 g/mol. The van der Waals surface area contributed by atoms with Crippen LogP contribution >= 0.6 is 0 Å². The smallest absolute Gasteiger partial charge is 0.401 e. The van der Waals surface area contributed by atoms with Crippen LogP contribution in [0.15, 0.2) is 0 Å². The predicted octanol–water partition coefficient (Wildman–Crippen LogP) is 2.90. The van der Waals surface area contributed by atoms with Gasteiger partial charge in [0.25, 0.3) is 0 Å². The Hall–Kier alpha value is -0.780. The van der Waals surface area contributed by atoms with Crippen LogP contribution in [0.25, 0.3) is 0 Å². The summed E-state index contributed by atoms with van der Waals surface area (Å²) < 4.78 is 42.0. The van der Waals surface area contributed by atoms with Gasteiger partial charge in [0, 0.05) is 0 Å². The van der Waals surface area contributed by atoms with Crippen LogP contribution in [-0.4, -0.2) is 31.3 Å². The molecule has 1 aliphatic rings. The summed E-state index contributed by atoms with van der Waals surface area (Å²) in [5.74, 6) is -0.431. The second kappa shape index (κ2) is 5.31. The highest BCUT2D eigenvalue weighted by Gasteiger charge is 2.50. The lowest BCUT2D eigenvalue weighted by molar-refractivity contribution is -0.159. The molecule has 0 aromatic rings. The van der Waals surface area contributed by atoms with E-state index in [9.17, 15) is 18.0 Å². The summed E-state index contributed by atoms with van der Waals surface area (Å²) >= 11 is 0. The Bertz CT molecular complexity index is 341. The van der Waals surface area contributed by atoms with Crippen LogP contribution in [0.4, 0.5) is 13.2 Å². The normalized spacial score (nSPS) is 31.0. The topological polar surface area (TPSA) is 38.3 Å². The molecular weight excluding hydrogens is 259 g/mol. The second-order valence-corrected chi connectivity index (χ2v) is 6.40. The average Bonchev–Trinajstić information content (AvgIpc) is 2.21. The third-order valence-electron chi connectivity index (χ3n) is 3.58. The summed E-state index contributed by atoms with van der Waals surface area (Å²) in [4.78, 5) is 12.0. The number of methoxy groups -OCH3 is 1. The van der Waals surface area contributed by atoms with Crippen molar-refractivity contribution in [3.63, 3.8) is 0 Å². The van der Waals surface area contributed by atoms with E-state index in [1.807, 2.05) is 20.8 Å². The Labute approximate surface area is 111 Å². The number of halogens is 3. The molecule has 1 saturated carbocycles. The minimum atomic E-state index is -4.34. The fourth-order valence-corrected chi connectivity index (χ4v) is 3.40. The van der Waals surface area contributed by atoms with Gasteiger partial charge in [-0.3, -0.25) is 10.1 Å². The molecule has 0 bridgehead atoms. The molecule has 1 aliphatic carbocycles. The van der Waals surface area contributed by atoms with Crippen LogP contribution in [0.5, 0.6) is 0 Å². The van der Waals surface area contributed by atoms with E-state index in [1.165, 1.54) is 7.11 Å². The van der Waals surface area contributed by atoms with Crippen molar-refractivity contribution in [1.82, 2.24) is 5.32 Å². The first kappa shape index (κ1) is 16.3. The van der Waals surface area contributed by atoms with E-state index in [1.54, 1.807) is 0 Å². The summed E-state index contributed by atoms with van der Waals surface area (Å²) in [6.07, 6.45) is -2.72. The highest BCUT2D eigenvalue weighted by Crippen LogP contribution is 2.44. The van der Waals surface area contributed by atoms with Crippen LogP contribution < -0.4 is 5.32 Å². The highest BCUT2D eigenvalue weighted by atomic mass is 19.4. The molecule has 2 unspecified atom stereocenters. The first-order chi connectivity index (χ1) is 8.50. The van der Waals surface area contributed by atoms with Gasteiger partial charge >= 0.3 is 12.1 Å². The Morgan fingerprint density at radius 2 is 1.95 bits per heavy atom. The Morgan fingerprint density at radius 3 is 2.37 bits per heavy atom. The maximum absolute atomic E-state index is 12.4. The van der Waals surface area contributed by atoms with E-state index in [2.05, 4.69) is 5.32 Å². The molecule has 112 valence electrons. The largest absolute Gasteiger partial charge is 0.468 e. The third-order valence-corrected chi connectivity index (χ3v) is 3.58. The Balaban J connectivity index is 2.96. The van der Waals surface area contributed by atoms with Gasteiger partial charge in [0.1, 0.15) is 5.54 Å². The number of alkyl halides is 3. The van der Waals surface area contributed by atoms with Gasteiger partial charge in [-0.05, 0) is 30.6 Å². The fraction of sp³-hybridized carbons (Fsp3) is 0.923. The molecule has 0 aromatic carbocycles. The van der Waals surface area contributed by atoms with Gasteiger partial charge < -0.3 is 4.74 Å². The first-order valence-corrected chi connectivity index (χ1v) is 6.40. The van der Waals surface area contributed by atoms with Crippen molar-refractivity contribution in [3.05, 3.63) is 0 Å². The second-order valence-electron chi connectivity index (χ2n) is 6.40. The van der Waals surface area contributed by atoms with Gasteiger partial charge in [0.15, 0.2) is 0 Å². The SMILES string of the molecule is COC(=O)C1(NCC(F)(F)F)CC(C)CC(C)(C)C1. The van der Waals surface area contributed by atoms with Crippen LogP contribution in [0, 0.1) is 11.3 Å². The number of hydrogen-bond donors (Lipinski definition) is 1. The van der Waals surface area contributed by atoms with Crippen LogP contribution in [0.1, 0.15) is 40.0 Å². The Kier molecular flexibility index (Phi) is 4.55. The van der Waals surface area contributed by atoms with E-state index in [-0.39, 0.29) is 11.3 Å². The minimum Gasteiger partial charge on any atom is -0.468 e. The van der Waals surface area contributed by atoms with Gasteiger partial charge in [0.05, 0.1) is 13.7 Å². The lowest BCUT2D eigenvalue weighted by Gasteiger charge is -2.46. The number of nitrogens with one attached hydrogen (secondary N) is 1. The van der Waals surface area contributed by atoms with Crippen molar-refractivity contribution in [1.29, 1.82) is 0 Å². The van der Waals surface area contributed by atoms with Crippen LogP contribution in [0.3, 0.4) is 0 Å². The van der Waals surface area contributed by atoms with Crippen molar-refractivity contribution in [2.45, 2.75) is 51.7 Å². The molecule has 1 N–H and O–H groups in total. The maximum Gasteiger partial charge on any atom is 0.401 e. The third kappa shape index (κ3) is 4.37. The molecule has 0 saturated heterocycles. The van der Waals surface area contributed by atoms with Gasteiger partial charge in [-0.15, -0.1) is 0 Å².